The number of ether oxygens (including phenoxy) is 1. The predicted octanol–water partition coefficient (Wildman–Crippen LogP) is 1.78. The van der Waals surface area contributed by atoms with Crippen LogP contribution in [0.5, 0.6) is 0 Å². The molecule has 0 spiro atoms. The van der Waals surface area contributed by atoms with Crippen LogP contribution in [-0.2, 0) is 9.53 Å². The highest BCUT2D eigenvalue weighted by atomic mass is 35.5. The number of halogens is 1. The lowest BCUT2D eigenvalue weighted by Gasteiger charge is -2.13. The van der Waals surface area contributed by atoms with E-state index >= 15 is 0 Å². The number of benzene rings is 1. The molecule has 0 aromatic heterocycles. The summed E-state index contributed by atoms with van der Waals surface area (Å²) in [5.74, 6) is -0.158. The molecule has 1 aliphatic heterocycles. The van der Waals surface area contributed by atoms with E-state index in [1.165, 1.54) is 0 Å². The number of nitrogens with one attached hydrogen (secondary N) is 1. The second-order valence-electron chi connectivity index (χ2n) is 4.03. The summed E-state index contributed by atoms with van der Waals surface area (Å²) in [4.78, 5) is 11.9. The molecule has 0 aliphatic carbocycles. The maximum Gasteiger partial charge on any atom is 0.253 e. The van der Waals surface area contributed by atoms with Crippen LogP contribution >= 0.6 is 11.6 Å². The summed E-state index contributed by atoms with van der Waals surface area (Å²) >= 11 is 5.96. The smallest absolute Gasteiger partial charge is 0.253 e. The van der Waals surface area contributed by atoms with Crippen LogP contribution in [0.1, 0.15) is 12.8 Å². The van der Waals surface area contributed by atoms with Gasteiger partial charge in [-0.2, -0.15) is 0 Å². The Bertz CT molecular complexity index is 411. The Hall–Kier alpha value is -1.10. The SMILES string of the molecule is NCC1CCC(C(=O)Nc2ccccc2Cl)O1. The largest absolute Gasteiger partial charge is 0.364 e. The quantitative estimate of drug-likeness (QED) is 0.864. The number of hydrogen-bond donors (Lipinski definition) is 2. The lowest BCUT2D eigenvalue weighted by Crippen LogP contribution is -2.29. The summed E-state index contributed by atoms with van der Waals surface area (Å²) in [6.45, 7) is 0.454. The van der Waals surface area contributed by atoms with Crippen molar-refractivity contribution in [1.82, 2.24) is 0 Å². The van der Waals surface area contributed by atoms with Gasteiger partial charge in [-0.3, -0.25) is 4.79 Å². The lowest BCUT2D eigenvalue weighted by atomic mass is 10.2. The van der Waals surface area contributed by atoms with Crippen LogP contribution in [0.2, 0.25) is 5.02 Å². The van der Waals surface area contributed by atoms with Crippen LogP contribution in [0.25, 0.3) is 0 Å². The summed E-state index contributed by atoms with van der Waals surface area (Å²) in [6.07, 6.45) is 1.12. The summed E-state index contributed by atoms with van der Waals surface area (Å²) < 4.78 is 5.50. The van der Waals surface area contributed by atoms with Crippen molar-refractivity contribution in [3.63, 3.8) is 0 Å². The Morgan fingerprint density at radius 2 is 2.24 bits per heavy atom. The average molecular weight is 255 g/mol. The van der Waals surface area contributed by atoms with Gasteiger partial charge in [0, 0.05) is 6.54 Å². The molecule has 2 atom stereocenters. The van der Waals surface area contributed by atoms with Gasteiger partial charge in [-0.05, 0) is 25.0 Å². The zero-order valence-electron chi connectivity index (χ0n) is 9.36. The number of carbonyl (C=O) groups excluding carboxylic acids is 1. The molecule has 2 unspecified atom stereocenters. The highest BCUT2D eigenvalue weighted by Gasteiger charge is 2.29. The van der Waals surface area contributed by atoms with Gasteiger partial charge in [0.05, 0.1) is 16.8 Å². The molecule has 4 nitrogen and oxygen atoms in total. The zero-order valence-corrected chi connectivity index (χ0v) is 10.1. The Morgan fingerprint density at radius 1 is 1.47 bits per heavy atom. The third kappa shape index (κ3) is 2.97. The number of hydrogen-bond acceptors (Lipinski definition) is 3. The molecule has 2 rings (SSSR count). The fraction of sp³-hybridized carbons (Fsp3) is 0.417. The summed E-state index contributed by atoms with van der Waals surface area (Å²) in [7, 11) is 0. The molecule has 1 fully saturated rings. The van der Waals surface area contributed by atoms with Crippen LogP contribution in [0.4, 0.5) is 5.69 Å². The van der Waals surface area contributed by atoms with Crippen LogP contribution in [0, 0.1) is 0 Å². The number of carbonyl (C=O) groups is 1. The van der Waals surface area contributed by atoms with Gasteiger partial charge in [0.25, 0.3) is 5.91 Å². The van der Waals surface area contributed by atoms with Gasteiger partial charge in [0.15, 0.2) is 0 Å². The van der Waals surface area contributed by atoms with Gasteiger partial charge in [-0.1, -0.05) is 23.7 Å². The maximum absolute atomic E-state index is 11.9. The normalized spacial score (nSPS) is 23.6. The third-order valence-electron chi connectivity index (χ3n) is 2.79. The molecule has 0 bridgehead atoms. The molecule has 92 valence electrons. The van der Waals surface area contributed by atoms with Crippen molar-refractivity contribution in [2.24, 2.45) is 5.73 Å². The van der Waals surface area contributed by atoms with E-state index < -0.39 is 6.10 Å². The molecule has 0 radical (unpaired) electrons. The fourth-order valence-electron chi connectivity index (χ4n) is 1.85. The van der Waals surface area contributed by atoms with Gasteiger partial charge in [0.2, 0.25) is 0 Å². The molecule has 1 amide bonds. The second kappa shape index (κ2) is 5.49. The molecule has 1 aromatic rings. The van der Waals surface area contributed by atoms with Gasteiger partial charge in [-0.25, -0.2) is 0 Å². The predicted molar refractivity (Wildman–Crippen MR) is 67.0 cm³/mol. The highest BCUT2D eigenvalue weighted by Crippen LogP contribution is 2.24. The summed E-state index contributed by atoms with van der Waals surface area (Å²) in [5.41, 5.74) is 6.11. The maximum atomic E-state index is 11.9. The van der Waals surface area contributed by atoms with Crippen molar-refractivity contribution in [2.45, 2.75) is 25.0 Å². The van der Waals surface area contributed by atoms with Crippen LogP contribution in [0.3, 0.4) is 0 Å². The van der Waals surface area contributed by atoms with E-state index in [1.54, 1.807) is 12.1 Å². The van der Waals surface area contributed by atoms with E-state index in [2.05, 4.69) is 5.32 Å². The molecule has 1 heterocycles. The van der Waals surface area contributed by atoms with Gasteiger partial charge in [-0.15, -0.1) is 0 Å². The molecule has 1 saturated heterocycles. The number of anilines is 1. The Balaban J connectivity index is 1.96. The lowest BCUT2D eigenvalue weighted by molar-refractivity contribution is -0.126. The molecule has 0 saturated carbocycles. The standard InChI is InChI=1S/C12H15ClN2O2/c13-9-3-1-2-4-10(9)15-12(16)11-6-5-8(7-14)17-11/h1-4,8,11H,5-7,14H2,(H,15,16). The number of amides is 1. The molecule has 5 heteroatoms. The number of para-hydroxylation sites is 1. The summed E-state index contributed by atoms with van der Waals surface area (Å²) in [5, 5.41) is 3.28. The van der Waals surface area contributed by atoms with E-state index in [4.69, 9.17) is 22.1 Å². The summed E-state index contributed by atoms with van der Waals surface area (Å²) in [6, 6.07) is 7.12. The van der Waals surface area contributed by atoms with Crippen LogP contribution in [-0.4, -0.2) is 24.7 Å². The van der Waals surface area contributed by atoms with Crippen molar-refractivity contribution in [3.05, 3.63) is 29.3 Å². The van der Waals surface area contributed by atoms with Crippen molar-refractivity contribution in [3.8, 4) is 0 Å². The van der Waals surface area contributed by atoms with E-state index in [1.807, 2.05) is 12.1 Å². The van der Waals surface area contributed by atoms with E-state index in [0.29, 0.717) is 23.7 Å². The first kappa shape index (κ1) is 12.4. The Labute approximate surface area is 105 Å². The number of rotatable bonds is 3. The number of nitrogens with two attached hydrogens (primary N) is 1. The van der Waals surface area contributed by atoms with Crippen molar-refractivity contribution in [1.29, 1.82) is 0 Å². The van der Waals surface area contributed by atoms with E-state index in [9.17, 15) is 4.79 Å². The Kier molecular flexibility index (Phi) is 3.99. The minimum absolute atomic E-state index is 0.00278. The minimum Gasteiger partial charge on any atom is -0.364 e. The first-order valence-corrected chi connectivity index (χ1v) is 5.99. The Morgan fingerprint density at radius 3 is 2.88 bits per heavy atom. The topological polar surface area (TPSA) is 64.4 Å². The van der Waals surface area contributed by atoms with Gasteiger partial charge >= 0.3 is 0 Å². The van der Waals surface area contributed by atoms with Crippen molar-refractivity contribution < 1.29 is 9.53 Å². The minimum atomic E-state index is -0.417. The fourth-order valence-corrected chi connectivity index (χ4v) is 2.03. The van der Waals surface area contributed by atoms with Gasteiger partial charge < -0.3 is 15.8 Å². The first-order valence-electron chi connectivity index (χ1n) is 5.61. The van der Waals surface area contributed by atoms with E-state index in [-0.39, 0.29) is 12.0 Å². The highest BCUT2D eigenvalue weighted by molar-refractivity contribution is 6.33. The molecule has 1 aromatic carbocycles. The zero-order chi connectivity index (χ0) is 12.3. The monoisotopic (exact) mass is 254 g/mol. The molecule has 17 heavy (non-hydrogen) atoms. The molecular formula is C12H15ClN2O2. The van der Waals surface area contributed by atoms with Gasteiger partial charge in [0.1, 0.15) is 6.10 Å². The molecule has 1 aliphatic rings. The van der Waals surface area contributed by atoms with Crippen LogP contribution < -0.4 is 11.1 Å². The molecular weight excluding hydrogens is 240 g/mol. The van der Waals surface area contributed by atoms with Crippen molar-refractivity contribution >= 4 is 23.2 Å². The molecule has 3 N–H and O–H groups in total. The average Bonchev–Trinajstić information content (AvgIpc) is 2.81. The third-order valence-corrected chi connectivity index (χ3v) is 3.12. The van der Waals surface area contributed by atoms with Crippen molar-refractivity contribution in [2.75, 3.05) is 11.9 Å². The second-order valence-corrected chi connectivity index (χ2v) is 4.44. The first-order chi connectivity index (χ1) is 8.20. The van der Waals surface area contributed by atoms with Crippen LogP contribution in [0.15, 0.2) is 24.3 Å². The van der Waals surface area contributed by atoms with E-state index in [0.717, 1.165) is 6.42 Å².